The lowest BCUT2D eigenvalue weighted by Crippen LogP contribution is -2.49. The predicted octanol–water partition coefficient (Wildman–Crippen LogP) is 3.31. The average molecular weight is 353 g/mol. The van der Waals surface area contributed by atoms with Crippen LogP contribution in [0, 0.1) is 0 Å². The summed E-state index contributed by atoms with van der Waals surface area (Å²) < 4.78 is 11.3. The van der Waals surface area contributed by atoms with Crippen LogP contribution in [0.2, 0.25) is 5.15 Å². The largest absolute Gasteiger partial charge is 0.444 e. The number of nitrogens with one attached hydrogen (secondary N) is 1. The molecule has 0 saturated carbocycles. The number of hydrogen-bond donors (Lipinski definition) is 1. The summed E-state index contributed by atoms with van der Waals surface area (Å²) in [7, 11) is 0. The van der Waals surface area contributed by atoms with Gasteiger partial charge in [-0.1, -0.05) is 11.6 Å². The smallest absolute Gasteiger partial charge is 0.411 e. The first kappa shape index (κ1) is 17.0. The summed E-state index contributed by atoms with van der Waals surface area (Å²) in [5.74, 6) is 0. The van der Waals surface area contributed by atoms with Crippen LogP contribution in [0.4, 0.5) is 4.79 Å². The molecule has 1 aliphatic heterocycles. The van der Waals surface area contributed by atoms with Crippen molar-refractivity contribution in [3.8, 4) is 0 Å². The molecular weight excluding hydrogens is 332 g/mol. The number of rotatable bonds is 1. The predicted molar refractivity (Wildman–Crippen MR) is 90.0 cm³/mol. The molecule has 8 heteroatoms. The van der Waals surface area contributed by atoms with E-state index in [0.29, 0.717) is 24.0 Å². The summed E-state index contributed by atoms with van der Waals surface area (Å²) in [5.41, 5.74) is 0.888. The van der Waals surface area contributed by atoms with Crippen LogP contribution in [0.1, 0.15) is 39.4 Å². The molecule has 0 radical (unpaired) electrons. The van der Waals surface area contributed by atoms with Crippen molar-refractivity contribution < 1.29 is 14.3 Å². The highest BCUT2D eigenvalue weighted by atomic mass is 35.5. The normalized spacial score (nSPS) is 22.0. The number of aromatic nitrogens is 3. The van der Waals surface area contributed by atoms with E-state index in [1.165, 1.54) is 0 Å². The average Bonchev–Trinajstić information content (AvgIpc) is 2.87. The van der Waals surface area contributed by atoms with Crippen LogP contribution >= 0.6 is 11.6 Å². The molecule has 3 heterocycles. The Morgan fingerprint density at radius 3 is 2.88 bits per heavy atom. The number of halogens is 1. The van der Waals surface area contributed by atoms with Crippen molar-refractivity contribution in [2.24, 2.45) is 0 Å². The van der Waals surface area contributed by atoms with Gasteiger partial charge in [-0.05, 0) is 39.8 Å². The molecule has 3 rings (SSSR count). The number of carbonyl (C=O) groups is 1. The van der Waals surface area contributed by atoms with E-state index < -0.39 is 5.60 Å². The molecule has 7 nitrogen and oxygen atoms in total. The van der Waals surface area contributed by atoms with Crippen molar-refractivity contribution in [1.29, 1.82) is 0 Å². The summed E-state index contributed by atoms with van der Waals surface area (Å²) in [6.07, 6.45) is -0.534. The van der Waals surface area contributed by atoms with Crippen LogP contribution in [0.25, 0.3) is 11.0 Å². The maximum Gasteiger partial charge on any atom is 0.411 e. The summed E-state index contributed by atoms with van der Waals surface area (Å²) >= 11 is 5.90. The van der Waals surface area contributed by atoms with Gasteiger partial charge in [0, 0.05) is 17.6 Å². The van der Waals surface area contributed by atoms with Crippen LogP contribution in [0.5, 0.6) is 0 Å². The third-order valence-electron chi connectivity index (χ3n) is 3.81. The van der Waals surface area contributed by atoms with Gasteiger partial charge >= 0.3 is 6.09 Å². The molecule has 2 aromatic rings. The molecule has 24 heavy (non-hydrogen) atoms. The van der Waals surface area contributed by atoms with E-state index in [0.717, 1.165) is 11.1 Å². The summed E-state index contributed by atoms with van der Waals surface area (Å²) in [6.45, 7) is 8.43. The third kappa shape index (κ3) is 3.47. The standard InChI is InChI=1S/C16H21ClN4O3/c1-9-13(11-7-10-8-12(17)19-20-14(10)18-11)21(5-6-23-9)15(22)24-16(2,3)4/h7-9,13H,5-6H2,1-4H3,(H,18,20)/t9-,13?/m0/s1. The highest BCUT2D eigenvalue weighted by molar-refractivity contribution is 6.29. The first-order chi connectivity index (χ1) is 11.2. The highest BCUT2D eigenvalue weighted by Crippen LogP contribution is 2.32. The SMILES string of the molecule is C[C@@H]1OCCN(C(=O)OC(C)(C)C)C1c1cc2cc(Cl)nnc2[nH]1. The Kier molecular flexibility index (Phi) is 4.40. The number of carbonyl (C=O) groups excluding carboxylic acids is 1. The molecule has 1 aliphatic rings. The van der Waals surface area contributed by atoms with Crippen molar-refractivity contribution in [3.05, 3.63) is 23.0 Å². The molecule has 1 unspecified atom stereocenters. The van der Waals surface area contributed by atoms with Gasteiger partial charge in [-0.15, -0.1) is 10.2 Å². The number of morpholine rings is 1. The van der Waals surface area contributed by atoms with E-state index in [-0.39, 0.29) is 18.2 Å². The Morgan fingerprint density at radius 2 is 2.17 bits per heavy atom. The molecule has 2 aromatic heterocycles. The van der Waals surface area contributed by atoms with E-state index >= 15 is 0 Å². The Balaban J connectivity index is 1.94. The number of hydrogen-bond acceptors (Lipinski definition) is 5. The number of nitrogens with zero attached hydrogens (tertiary/aromatic N) is 3. The van der Waals surface area contributed by atoms with Crippen molar-refractivity contribution in [2.75, 3.05) is 13.2 Å². The van der Waals surface area contributed by atoms with Gasteiger partial charge in [0.25, 0.3) is 0 Å². The second kappa shape index (κ2) is 6.22. The van der Waals surface area contributed by atoms with E-state index in [1.54, 1.807) is 11.0 Å². The number of ether oxygens (including phenoxy) is 2. The van der Waals surface area contributed by atoms with Crippen LogP contribution < -0.4 is 0 Å². The Labute approximate surface area is 145 Å². The molecule has 0 bridgehead atoms. The van der Waals surface area contributed by atoms with Gasteiger partial charge in [0.1, 0.15) is 11.6 Å². The van der Waals surface area contributed by atoms with Gasteiger partial charge in [0.15, 0.2) is 10.8 Å². The minimum absolute atomic E-state index is 0.178. The molecule has 130 valence electrons. The fraction of sp³-hybridized carbons (Fsp3) is 0.562. The van der Waals surface area contributed by atoms with Crippen molar-refractivity contribution in [1.82, 2.24) is 20.1 Å². The molecule has 1 amide bonds. The van der Waals surface area contributed by atoms with E-state index in [1.807, 2.05) is 33.8 Å². The van der Waals surface area contributed by atoms with Crippen LogP contribution in [0.3, 0.4) is 0 Å². The molecule has 1 N–H and O–H groups in total. The summed E-state index contributed by atoms with van der Waals surface area (Å²) in [6, 6.07) is 3.36. The molecule has 2 atom stereocenters. The maximum atomic E-state index is 12.6. The third-order valence-corrected chi connectivity index (χ3v) is 3.99. The van der Waals surface area contributed by atoms with E-state index in [9.17, 15) is 4.79 Å². The van der Waals surface area contributed by atoms with Gasteiger partial charge in [-0.3, -0.25) is 4.90 Å². The monoisotopic (exact) mass is 352 g/mol. The Bertz CT molecular complexity index is 755. The molecule has 0 aliphatic carbocycles. The second-order valence-corrected chi connectivity index (χ2v) is 7.28. The summed E-state index contributed by atoms with van der Waals surface area (Å²) in [4.78, 5) is 17.5. The second-order valence-electron chi connectivity index (χ2n) is 6.89. The van der Waals surface area contributed by atoms with Crippen molar-refractivity contribution in [2.45, 2.75) is 45.4 Å². The van der Waals surface area contributed by atoms with Crippen LogP contribution in [-0.4, -0.2) is 51.0 Å². The number of aromatic amines is 1. The van der Waals surface area contributed by atoms with Crippen molar-refractivity contribution >= 4 is 28.7 Å². The molecule has 0 spiro atoms. The molecule has 0 aromatic carbocycles. The van der Waals surface area contributed by atoms with Gasteiger partial charge in [-0.2, -0.15) is 0 Å². The fourth-order valence-corrected chi connectivity index (χ4v) is 3.01. The first-order valence-electron chi connectivity index (χ1n) is 7.88. The van der Waals surface area contributed by atoms with Crippen molar-refractivity contribution in [3.63, 3.8) is 0 Å². The first-order valence-corrected chi connectivity index (χ1v) is 8.25. The van der Waals surface area contributed by atoms with E-state index in [4.69, 9.17) is 21.1 Å². The van der Waals surface area contributed by atoms with Gasteiger partial charge in [0.05, 0.1) is 12.7 Å². The lowest BCUT2D eigenvalue weighted by molar-refractivity contribution is -0.0708. The minimum atomic E-state index is -0.553. The van der Waals surface area contributed by atoms with Gasteiger partial charge in [-0.25, -0.2) is 4.79 Å². The van der Waals surface area contributed by atoms with Crippen LogP contribution in [0.15, 0.2) is 12.1 Å². The quantitative estimate of drug-likeness (QED) is 0.851. The lowest BCUT2D eigenvalue weighted by atomic mass is 10.1. The Morgan fingerprint density at radius 1 is 1.42 bits per heavy atom. The number of amides is 1. The lowest BCUT2D eigenvalue weighted by Gasteiger charge is -2.39. The highest BCUT2D eigenvalue weighted by Gasteiger charge is 2.37. The van der Waals surface area contributed by atoms with Gasteiger partial charge < -0.3 is 14.5 Å². The molecule has 1 saturated heterocycles. The zero-order chi connectivity index (χ0) is 17.5. The van der Waals surface area contributed by atoms with Gasteiger partial charge in [0.2, 0.25) is 0 Å². The number of fused-ring (bicyclic) bond motifs is 1. The van der Waals surface area contributed by atoms with E-state index in [2.05, 4.69) is 15.2 Å². The fourth-order valence-electron chi connectivity index (χ4n) is 2.85. The Hall–Kier alpha value is -1.86. The zero-order valence-corrected chi connectivity index (χ0v) is 14.9. The topological polar surface area (TPSA) is 80.3 Å². The molecule has 1 fully saturated rings. The zero-order valence-electron chi connectivity index (χ0n) is 14.2. The maximum absolute atomic E-state index is 12.6. The minimum Gasteiger partial charge on any atom is -0.444 e. The van der Waals surface area contributed by atoms with Crippen LogP contribution in [-0.2, 0) is 9.47 Å². The molecular formula is C16H21ClN4O3. The summed E-state index contributed by atoms with van der Waals surface area (Å²) in [5, 5.41) is 9.04. The number of H-pyrrole nitrogens is 1.